The monoisotopic (exact) mass is 418 g/mol. The van der Waals surface area contributed by atoms with Crippen molar-refractivity contribution in [2.24, 2.45) is 7.05 Å². The summed E-state index contributed by atoms with van der Waals surface area (Å²) in [5, 5.41) is 0.713. The van der Waals surface area contributed by atoms with Gasteiger partial charge in [-0.1, -0.05) is 29.8 Å². The predicted molar refractivity (Wildman–Crippen MR) is 123 cm³/mol. The molecule has 5 rings (SSSR count). The second-order valence-electron chi connectivity index (χ2n) is 8.26. The molecule has 1 saturated heterocycles. The van der Waals surface area contributed by atoms with E-state index in [-0.39, 0.29) is 5.56 Å². The maximum Gasteiger partial charge on any atom is 0.260 e. The van der Waals surface area contributed by atoms with Gasteiger partial charge >= 0.3 is 0 Å². The zero-order valence-electron chi connectivity index (χ0n) is 17.6. The Morgan fingerprint density at radius 1 is 1.20 bits per heavy atom. The molecule has 1 unspecified atom stereocenters. The first-order valence-corrected chi connectivity index (χ1v) is 11.3. The summed E-state index contributed by atoms with van der Waals surface area (Å²) in [4.78, 5) is 25.5. The quantitative estimate of drug-likeness (QED) is 0.510. The number of fused-ring (bicyclic) bond motifs is 1. The van der Waals surface area contributed by atoms with Gasteiger partial charge in [0, 0.05) is 29.4 Å². The van der Waals surface area contributed by atoms with Crippen molar-refractivity contribution in [2.75, 3.05) is 6.54 Å². The van der Waals surface area contributed by atoms with Gasteiger partial charge in [-0.3, -0.25) is 9.69 Å². The molecule has 30 heavy (non-hydrogen) atoms. The zero-order valence-corrected chi connectivity index (χ0v) is 18.4. The highest BCUT2D eigenvalue weighted by molar-refractivity contribution is 7.19. The molecule has 0 aliphatic carbocycles. The molecule has 4 heterocycles. The molecular weight excluding hydrogens is 392 g/mol. The number of hydrogen-bond donors (Lipinski definition) is 1. The lowest BCUT2D eigenvalue weighted by atomic mass is 10.0. The maximum atomic E-state index is 13.1. The second-order valence-corrected chi connectivity index (χ2v) is 9.47. The molecule has 1 aromatic carbocycles. The second kappa shape index (κ2) is 7.52. The number of likely N-dealkylation sites (tertiary alicyclic amines) is 1. The number of nitrogens with zero attached hydrogens (tertiary/aromatic N) is 3. The van der Waals surface area contributed by atoms with Gasteiger partial charge < -0.3 is 9.55 Å². The van der Waals surface area contributed by atoms with Crippen LogP contribution in [0.1, 0.15) is 40.8 Å². The normalized spacial score (nSPS) is 17.2. The number of H-pyrrole nitrogens is 1. The van der Waals surface area contributed by atoms with Crippen LogP contribution in [0, 0.1) is 13.8 Å². The van der Waals surface area contributed by atoms with Crippen LogP contribution in [0.15, 0.2) is 47.4 Å². The molecule has 1 fully saturated rings. The molecule has 154 valence electrons. The fourth-order valence-corrected chi connectivity index (χ4v) is 5.73. The summed E-state index contributed by atoms with van der Waals surface area (Å²) in [6, 6.07) is 13.0. The van der Waals surface area contributed by atoms with Crippen molar-refractivity contribution in [3.05, 3.63) is 74.9 Å². The summed E-state index contributed by atoms with van der Waals surface area (Å²) < 4.78 is 2.19. The van der Waals surface area contributed by atoms with Gasteiger partial charge in [0.05, 0.1) is 18.0 Å². The zero-order chi connectivity index (χ0) is 20.8. The van der Waals surface area contributed by atoms with Crippen LogP contribution in [-0.2, 0) is 13.6 Å². The van der Waals surface area contributed by atoms with Gasteiger partial charge in [-0.15, -0.1) is 11.3 Å². The number of thiophene rings is 1. The van der Waals surface area contributed by atoms with E-state index < -0.39 is 0 Å². The number of rotatable bonds is 4. The Labute approximate surface area is 180 Å². The Balaban J connectivity index is 1.51. The highest BCUT2D eigenvalue weighted by Gasteiger charge is 2.28. The minimum Gasteiger partial charge on any atom is -0.353 e. The highest BCUT2D eigenvalue weighted by Crippen LogP contribution is 2.36. The van der Waals surface area contributed by atoms with E-state index in [9.17, 15) is 4.79 Å². The minimum absolute atomic E-state index is 0.0375. The molecule has 0 amide bonds. The standard InChI is InChI=1S/C24H26N4OS/c1-15-8-10-17(11-9-15)21-16(2)30-24-22(21)23(29)25-20(26-24)14-28-13-5-7-19(28)18-6-4-12-27(18)3/h4,6,8-12,19H,5,7,13-14H2,1-3H3,(H,25,26,29). The molecule has 5 nitrogen and oxygen atoms in total. The van der Waals surface area contributed by atoms with Crippen molar-refractivity contribution in [2.45, 2.75) is 39.3 Å². The van der Waals surface area contributed by atoms with Crippen LogP contribution in [-0.4, -0.2) is 26.0 Å². The Kier molecular flexibility index (Phi) is 4.83. The molecule has 1 aliphatic rings. The van der Waals surface area contributed by atoms with E-state index in [2.05, 4.69) is 77.9 Å². The number of aromatic amines is 1. The summed E-state index contributed by atoms with van der Waals surface area (Å²) in [6.45, 7) is 5.84. The minimum atomic E-state index is -0.0375. The van der Waals surface area contributed by atoms with Gasteiger partial charge in [-0.2, -0.15) is 0 Å². The smallest absolute Gasteiger partial charge is 0.260 e. The van der Waals surface area contributed by atoms with Crippen LogP contribution < -0.4 is 5.56 Å². The molecule has 0 bridgehead atoms. The van der Waals surface area contributed by atoms with Gasteiger partial charge in [0.2, 0.25) is 0 Å². The van der Waals surface area contributed by atoms with Crippen LogP contribution in [0.5, 0.6) is 0 Å². The van der Waals surface area contributed by atoms with Crippen molar-refractivity contribution in [1.82, 2.24) is 19.4 Å². The number of hydrogen-bond acceptors (Lipinski definition) is 4. The van der Waals surface area contributed by atoms with E-state index >= 15 is 0 Å². The highest BCUT2D eigenvalue weighted by atomic mass is 32.1. The van der Waals surface area contributed by atoms with E-state index in [0.29, 0.717) is 18.0 Å². The van der Waals surface area contributed by atoms with Crippen molar-refractivity contribution in [1.29, 1.82) is 0 Å². The number of aromatic nitrogens is 3. The lowest BCUT2D eigenvalue weighted by Crippen LogP contribution is -2.26. The fraction of sp³-hybridized carbons (Fsp3) is 0.333. The van der Waals surface area contributed by atoms with Crippen molar-refractivity contribution in [3.8, 4) is 11.1 Å². The summed E-state index contributed by atoms with van der Waals surface area (Å²) in [5.41, 5.74) is 4.59. The van der Waals surface area contributed by atoms with Crippen molar-refractivity contribution >= 4 is 21.6 Å². The van der Waals surface area contributed by atoms with E-state index in [1.54, 1.807) is 11.3 Å². The van der Waals surface area contributed by atoms with E-state index in [1.807, 2.05) is 0 Å². The Morgan fingerprint density at radius 3 is 2.73 bits per heavy atom. The van der Waals surface area contributed by atoms with Crippen LogP contribution >= 0.6 is 11.3 Å². The van der Waals surface area contributed by atoms with Crippen LogP contribution in [0.25, 0.3) is 21.3 Å². The first kappa shape index (κ1) is 19.3. The Morgan fingerprint density at radius 2 is 2.00 bits per heavy atom. The van der Waals surface area contributed by atoms with E-state index in [1.165, 1.54) is 11.3 Å². The summed E-state index contributed by atoms with van der Waals surface area (Å²) in [6.07, 6.45) is 4.40. The molecule has 0 saturated carbocycles. The topological polar surface area (TPSA) is 53.9 Å². The molecular formula is C24H26N4OS. The van der Waals surface area contributed by atoms with Gasteiger partial charge in [-0.05, 0) is 50.9 Å². The predicted octanol–water partition coefficient (Wildman–Crippen LogP) is 4.94. The number of nitrogens with one attached hydrogen (secondary N) is 1. The van der Waals surface area contributed by atoms with Gasteiger partial charge in [0.25, 0.3) is 5.56 Å². The number of benzene rings is 1. The summed E-state index contributed by atoms with van der Waals surface area (Å²) in [5.74, 6) is 0.755. The lowest BCUT2D eigenvalue weighted by Gasteiger charge is -2.24. The Bertz CT molecular complexity index is 1260. The third kappa shape index (κ3) is 3.30. The van der Waals surface area contributed by atoms with Crippen LogP contribution in [0.2, 0.25) is 0 Å². The largest absolute Gasteiger partial charge is 0.353 e. The summed E-state index contributed by atoms with van der Waals surface area (Å²) >= 11 is 1.61. The van der Waals surface area contributed by atoms with E-state index in [0.717, 1.165) is 46.0 Å². The molecule has 1 atom stereocenters. The fourth-order valence-electron chi connectivity index (χ4n) is 4.67. The van der Waals surface area contributed by atoms with Crippen molar-refractivity contribution < 1.29 is 0 Å². The molecule has 6 heteroatoms. The number of aryl methyl sites for hydroxylation is 3. The SMILES string of the molecule is Cc1ccc(-c2c(C)sc3nc(CN4CCCC4c4cccn4C)[nH]c(=O)c23)cc1. The average molecular weight is 419 g/mol. The third-order valence-electron chi connectivity index (χ3n) is 6.17. The first-order chi connectivity index (χ1) is 14.5. The molecule has 3 aromatic heterocycles. The molecule has 1 aliphatic heterocycles. The molecule has 0 spiro atoms. The van der Waals surface area contributed by atoms with Gasteiger partial charge in [-0.25, -0.2) is 4.98 Å². The molecule has 4 aromatic rings. The van der Waals surface area contributed by atoms with Crippen molar-refractivity contribution in [3.63, 3.8) is 0 Å². The summed E-state index contributed by atoms with van der Waals surface area (Å²) in [7, 11) is 2.10. The van der Waals surface area contributed by atoms with Crippen LogP contribution in [0.3, 0.4) is 0 Å². The lowest BCUT2D eigenvalue weighted by molar-refractivity contribution is 0.235. The Hall–Kier alpha value is -2.70. The molecule has 1 N–H and O–H groups in total. The van der Waals surface area contributed by atoms with Crippen LogP contribution in [0.4, 0.5) is 0 Å². The first-order valence-electron chi connectivity index (χ1n) is 10.5. The molecule has 0 radical (unpaired) electrons. The third-order valence-corrected chi connectivity index (χ3v) is 7.17. The average Bonchev–Trinajstić information content (AvgIpc) is 3.41. The maximum absolute atomic E-state index is 13.1. The van der Waals surface area contributed by atoms with Gasteiger partial charge in [0.1, 0.15) is 10.7 Å². The van der Waals surface area contributed by atoms with Gasteiger partial charge in [0.15, 0.2) is 0 Å². The van der Waals surface area contributed by atoms with E-state index in [4.69, 9.17) is 4.98 Å².